The topological polar surface area (TPSA) is 81.2 Å². The third-order valence-electron chi connectivity index (χ3n) is 3.56. The van der Waals surface area contributed by atoms with Gasteiger partial charge >= 0.3 is 5.97 Å². The maximum absolute atomic E-state index is 13.3. The van der Waals surface area contributed by atoms with Crippen LogP contribution in [0.1, 0.15) is 20.7 Å². The van der Waals surface area contributed by atoms with E-state index >= 15 is 0 Å². The van der Waals surface area contributed by atoms with Gasteiger partial charge in [0.15, 0.2) is 5.82 Å². The summed E-state index contributed by atoms with van der Waals surface area (Å²) in [6.07, 6.45) is 2.73. The predicted octanol–water partition coefficient (Wildman–Crippen LogP) is 3.32. The van der Waals surface area contributed by atoms with Crippen LogP contribution in [-0.4, -0.2) is 29.0 Å². The molecule has 7 heteroatoms. The molecule has 3 aromatic rings. The number of aromatic nitrogens is 2. The smallest absolute Gasteiger partial charge is 0.337 e. The van der Waals surface area contributed by atoms with Gasteiger partial charge in [-0.15, -0.1) is 0 Å². The van der Waals surface area contributed by atoms with E-state index in [0.29, 0.717) is 22.6 Å². The van der Waals surface area contributed by atoms with E-state index in [4.69, 9.17) is 0 Å². The van der Waals surface area contributed by atoms with E-state index in [1.807, 2.05) is 0 Å². The second kappa shape index (κ2) is 7.52. The third-order valence-corrected chi connectivity index (χ3v) is 3.56. The molecule has 0 fully saturated rings. The van der Waals surface area contributed by atoms with Crippen LogP contribution in [-0.2, 0) is 4.74 Å². The maximum atomic E-state index is 13.3. The highest BCUT2D eigenvalue weighted by Gasteiger charge is 2.10. The van der Waals surface area contributed by atoms with E-state index in [0.717, 1.165) is 0 Å². The summed E-state index contributed by atoms with van der Waals surface area (Å²) in [6, 6.07) is 12.2. The number of ether oxygens (including phenoxy) is 1. The molecule has 0 saturated carbocycles. The van der Waals surface area contributed by atoms with Crippen LogP contribution in [0, 0.1) is 5.82 Å². The van der Waals surface area contributed by atoms with Crippen LogP contribution in [0.3, 0.4) is 0 Å². The number of nitrogens with zero attached hydrogens (tertiary/aromatic N) is 2. The summed E-state index contributed by atoms with van der Waals surface area (Å²) in [7, 11) is 1.30. The lowest BCUT2D eigenvalue weighted by Crippen LogP contribution is -2.13. The monoisotopic (exact) mass is 351 g/mol. The van der Waals surface area contributed by atoms with Crippen molar-refractivity contribution in [1.82, 2.24) is 9.97 Å². The molecule has 1 heterocycles. The highest BCUT2D eigenvalue weighted by molar-refractivity contribution is 6.04. The van der Waals surface area contributed by atoms with Crippen molar-refractivity contribution in [3.8, 4) is 11.4 Å². The van der Waals surface area contributed by atoms with E-state index < -0.39 is 11.9 Å². The molecule has 0 saturated heterocycles. The Labute approximate surface area is 148 Å². The Hall–Kier alpha value is -3.61. The summed E-state index contributed by atoms with van der Waals surface area (Å²) in [4.78, 5) is 31.8. The standard InChI is InChI=1S/C19H14FN3O3/c1-26-19(25)12-5-7-16(8-6-12)23-18(24)14-10-21-17(22-11-14)13-3-2-4-15(20)9-13/h2-11H,1H3,(H,23,24). The maximum Gasteiger partial charge on any atom is 0.337 e. The highest BCUT2D eigenvalue weighted by atomic mass is 19.1. The molecule has 1 amide bonds. The molecular weight excluding hydrogens is 337 g/mol. The lowest BCUT2D eigenvalue weighted by atomic mass is 10.2. The van der Waals surface area contributed by atoms with Crippen LogP contribution in [0.5, 0.6) is 0 Å². The molecule has 0 aliphatic carbocycles. The summed E-state index contributed by atoms with van der Waals surface area (Å²) >= 11 is 0. The van der Waals surface area contributed by atoms with Gasteiger partial charge in [0.2, 0.25) is 0 Å². The average Bonchev–Trinajstić information content (AvgIpc) is 2.68. The first-order valence-corrected chi connectivity index (χ1v) is 7.64. The number of methoxy groups -OCH3 is 1. The third kappa shape index (κ3) is 3.89. The van der Waals surface area contributed by atoms with Crippen molar-refractivity contribution < 1.29 is 18.7 Å². The Morgan fingerprint density at radius 1 is 1.00 bits per heavy atom. The van der Waals surface area contributed by atoms with Crippen molar-refractivity contribution in [3.05, 3.63) is 77.9 Å². The van der Waals surface area contributed by atoms with Gasteiger partial charge in [0, 0.05) is 23.6 Å². The van der Waals surface area contributed by atoms with E-state index in [1.165, 1.54) is 31.6 Å². The minimum absolute atomic E-state index is 0.252. The Bertz CT molecular complexity index is 941. The molecule has 0 atom stereocenters. The van der Waals surface area contributed by atoms with Gasteiger partial charge in [-0.3, -0.25) is 4.79 Å². The first-order valence-electron chi connectivity index (χ1n) is 7.64. The normalized spacial score (nSPS) is 10.2. The van der Waals surface area contributed by atoms with Crippen molar-refractivity contribution in [1.29, 1.82) is 0 Å². The zero-order valence-corrected chi connectivity index (χ0v) is 13.8. The number of rotatable bonds is 4. The summed E-state index contributed by atoms with van der Waals surface area (Å²) < 4.78 is 17.9. The summed E-state index contributed by atoms with van der Waals surface area (Å²) in [5.74, 6) is -0.919. The molecule has 0 unspecified atom stereocenters. The van der Waals surface area contributed by atoms with Gasteiger partial charge in [-0.2, -0.15) is 0 Å². The number of benzene rings is 2. The fourth-order valence-electron chi connectivity index (χ4n) is 2.23. The Kier molecular flexibility index (Phi) is 4.98. The molecule has 0 aliphatic heterocycles. The van der Waals surface area contributed by atoms with Gasteiger partial charge < -0.3 is 10.1 Å². The zero-order valence-electron chi connectivity index (χ0n) is 13.8. The van der Waals surface area contributed by atoms with Gasteiger partial charge in [-0.1, -0.05) is 12.1 Å². The molecule has 6 nitrogen and oxygen atoms in total. The quantitative estimate of drug-likeness (QED) is 0.729. The Balaban J connectivity index is 1.71. The van der Waals surface area contributed by atoms with Crippen LogP contribution < -0.4 is 5.32 Å². The molecular formula is C19H14FN3O3. The van der Waals surface area contributed by atoms with Crippen molar-refractivity contribution >= 4 is 17.6 Å². The number of nitrogens with one attached hydrogen (secondary N) is 1. The van der Waals surface area contributed by atoms with Crippen LogP contribution in [0.25, 0.3) is 11.4 Å². The van der Waals surface area contributed by atoms with Gasteiger partial charge in [-0.05, 0) is 36.4 Å². The Morgan fingerprint density at radius 2 is 1.69 bits per heavy atom. The van der Waals surface area contributed by atoms with Crippen LogP contribution in [0.15, 0.2) is 60.9 Å². The fourth-order valence-corrected chi connectivity index (χ4v) is 2.23. The fraction of sp³-hybridized carbons (Fsp3) is 0.0526. The van der Waals surface area contributed by atoms with E-state index in [2.05, 4.69) is 20.0 Å². The second-order valence-corrected chi connectivity index (χ2v) is 5.33. The van der Waals surface area contributed by atoms with Gasteiger partial charge in [-0.25, -0.2) is 19.2 Å². The first-order chi connectivity index (χ1) is 12.6. The van der Waals surface area contributed by atoms with Gasteiger partial charge in [0.1, 0.15) is 5.82 Å². The molecule has 0 radical (unpaired) electrons. The van der Waals surface area contributed by atoms with Crippen molar-refractivity contribution in [2.45, 2.75) is 0 Å². The van der Waals surface area contributed by atoms with Gasteiger partial charge in [0.25, 0.3) is 5.91 Å². The van der Waals surface area contributed by atoms with Crippen LogP contribution >= 0.6 is 0 Å². The lowest BCUT2D eigenvalue weighted by molar-refractivity contribution is 0.0600. The predicted molar refractivity (Wildman–Crippen MR) is 93.2 cm³/mol. The molecule has 1 aromatic heterocycles. The molecule has 130 valence electrons. The largest absolute Gasteiger partial charge is 0.465 e. The molecule has 0 bridgehead atoms. The second-order valence-electron chi connectivity index (χ2n) is 5.33. The Morgan fingerprint density at radius 3 is 2.31 bits per heavy atom. The highest BCUT2D eigenvalue weighted by Crippen LogP contribution is 2.16. The van der Waals surface area contributed by atoms with Crippen molar-refractivity contribution in [3.63, 3.8) is 0 Å². The van der Waals surface area contributed by atoms with E-state index in [9.17, 15) is 14.0 Å². The first kappa shape index (κ1) is 17.2. The number of esters is 1. The molecule has 0 aliphatic rings. The summed E-state index contributed by atoms with van der Waals surface area (Å²) in [5, 5.41) is 2.68. The zero-order chi connectivity index (χ0) is 18.5. The number of amides is 1. The number of carbonyl (C=O) groups excluding carboxylic acids is 2. The summed E-state index contributed by atoms with van der Waals surface area (Å²) in [6.45, 7) is 0. The minimum atomic E-state index is -0.454. The average molecular weight is 351 g/mol. The number of carbonyl (C=O) groups is 2. The molecule has 3 rings (SSSR count). The minimum Gasteiger partial charge on any atom is -0.465 e. The van der Waals surface area contributed by atoms with Gasteiger partial charge in [0.05, 0.1) is 18.2 Å². The van der Waals surface area contributed by atoms with Crippen LogP contribution in [0.2, 0.25) is 0 Å². The van der Waals surface area contributed by atoms with E-state index in [1.54, 1.807) is 36.4 Å². The van der Waals surface area contributed by atoms with Crippen LogP contribution in [0.4, 0.5) is 10.1 Å². The van der Waals surface area contributed by atoms with Crippen molar-refractivity contribution in [2.24, 2.45) is 0 Å². The molecule has 1 N–H and O–H groups in total. The molecule has 0 spiro atoms. The number of hydrogen-bond donors (Lipinski definition) is 1. The molecule has 2 aromatic carbocycles. The number of anilines is 1. The number of hydrogen-bond acceptors (Lipinski definition) is 5. The number of halogens is 1. The SMILES string of the molecule is COC(=O)c1ccc(NC(=O)c2cnc(-c3cccc(F)c3)nc2)cc1. The molecule has 26 heavy (non-hydrogen) atoms. The van der Waals surface area contributed by atoms with Crippen molar-refractivity contribution in [2.75, 3.05) is 12.4 Å². The van der Waals surface area contributed by atoms with E-state index in [-0.39, 0.29) is 11.4 Å². The lowest BCUT2D eigenvalue weighted by Gasteiger charge is -2.06. The summed E-state index contributed by atoms with van der Waals surface area (Å²) in [5.41, 5.74) is 1.67.